The highest BCUT2D eigenvalue weighted by Gasteiger charge is 2.31. The van der Waals surface area contributed by atoms with E-state index in [1.807, 2.05) is 6.92 Å². The van der Waals surface area contributed by atoms with Gasteiger partial charge < -0.3 is 15.5 Å². The number of hydrogen-bond acceptors (Lipinski definition) is 2. The molecule has 5 nitrogen and oxygen atoms in total. The van der Waals surface area contributed by atoms with Crippen LogP contribution in [-0.2, 0) is 11.2 Å². The zero-order chi connectivity index (χ0) is 17.8. The molecule has 0 bridgehead atoms. The molecule has 0 aromatic heterocycles. The molecular weight excluding hydrogens is 321 g/mol. The molecule has 2 unspecified atom stereocenters. The molecule has 1 aromatic carbocycles. The summed E-state index contributed by atoms with van der Waals surface area (Å²) < 4.78 is 13.3. The van der Waals surface area contributed by atoms with Gasteiger partial charge in [-0.2, -0.15) is 0 Å². The number of nitrogens with one attached hydrogen (secondary N) is 2. The smallest absolute Gasteiger partial charge is 0.317 e. The third-order valence-corrected chi connectivity index (χ3v) is 5.11. The second-order valence-corrected chi connectivity index (χ2v) is 6.96. The number of aryl methyl sites for hydroxylation is 1. The highest BCUT2D eigenvalue weighted by molar-refractivity contribution is 5.81. The normalized spacial score (nSPS) is 22.4. The number of piperidine rings is 1. The first-order chi connectivity index (χ1) is 12.1. The fourth-order valence-corrected chi connectivity index (χ4v) is 3.74. The third kappa shape index (κ3) is 4.11. The molecule has 136 valence electrons. The van der Waals surface area contributed by atoms with E-state index in [1.165, 1.54) is 6.07 Å². The summed E-state index contributed by atoms with van der Waals surface area (Å²) in [5, 5.41) is 5.98. The number of amides is 3. The number of likely N-dealkylation sites (tertiary alicyclic amines) is 1. The molecule has 0 saturated carbocycles. The predicted molar refractivity (Wildman–Crippen MR) is 93.6 cm³/mol. The van der Waals surface area contributed by atoms with Crippen LogP contribution in [0.15, 0.2) is 18.2 Å². The zero-order valence-corrected chi connectivity index (χ0v) is 14.7. The van der Waals surface area contributed by atoms with E-state index in [-0.39, 0.29) is 29.7 Å². The fourth-order valence-electron chi connectivity index (χ4n) is 3.74. The van der Waals surface area contributed by atoms with Crippen LogP contribution in [0.5, 0.6) is 0 Å². The van der Waals surface area contributed by atoms with E-state index in [0.717, 1.165) is 43.2 Å². The maximum atomic E-state index is 13.3. The summed E-state index contributed by atoms with van der Waals surface area (Å²) in [6, 6.07) is 4.56. The van der Waals surface area contributed by atoms with Gasteiger partial charge >= 0.3 is 6.03 Å². The molecule has 0 spiro atoms. The van der Waals surface area contributed by atoms with Crippen molar-refractivity contribution >= 4 is 11.9 Å². The number of halogens is 1. The minimum Gasteiger partial charge on any atom is -0.356 e. The molecule has 6 heteroatoms. The molecule has 1 saturated heterocycles. The number of benzene rings is 1. The molecule has 0 radical (unpaired) electrons. The van der Waals surface area contributed by atoms with E-state index >= 15 is 0 Å². The highest BCUT2D eigenvalue weighted by Crippen LogP contribution is 2.31. The monoisotopic (exact) mass is 347 g/mol. The van der Waals surface area contributed by atoms with Crippen molar-refractivity contribution in [3.05, 3.63) is 35.1 Å². The van der Waals surface area contributed by atoms with Gasteiger partial charge in [-0.15, -0.1) is 0 Å². The van der Waals surface area contributed by atoms with Gasteiger partial charge in [-0.05, 0) is 55.4 Å². The summed E-state index contributed by atoms with van der Waals surface area (Å²) in [6.07, 6.45) is 4.14. The molecule has 2 atom stereocenters. The SMILES string of the molecule is CCCNC(=O)C1CCCN(C(=O)NC2CCc3cc(F)ccc32)C1. The van der Waals surface area contributed by atoms with Gasteiger partial charge in [0.05, 0.1) is 12.0 Å². The molecule has 2 N–H and O–H groups in total. The number of carbonyl (C=O) groups is 2. The summed E-state index contributed by atoms with van der Waals surface area (Å²) in [7, 11) is 0. The Bertz CT molecular complexity index is 650. The molecule has 25 heavy (non-hydrogen) atoms. The molecule has 2 aliphatic rings. The second kappa shape index (κ2) is 7.85. The maximum Gasteiger partial charge on any atom is 0.317 e. The molecule has 3 amide bonds. The minimum atomic E-state index is -0.234. The summed E-state index contributed by atoms with van der Waals surface area (Å²) in [4.78, 5) is 26.5. The van der Waals surface area contributed by atoms with Crippen molar-refractivity contribution in [1.29, 1.82) is 0 Å². The number of carbonyl (C=O) groups excluding carboxylic acids is 2. The van der Waals surface area contributed by atoms with Crippen LogP contribution < -0.4 is 10.6 Å². The van der Waals surface area contributed by atoms with Crippen molar-refractivity contribution in [3.8, 4) is 0 Å². The van der Waals surface area contributed by atoms with Crippen molar-refractivity contribution in [2.24, 2.45) is 5.92 Å². The third-order valence-electron chi connectivity index (χ3n) is 5.11. The average molecular weight is 347 g/mol. The van der Waals surface area contributed by atoms with Crippen LogP contribution in [0.1, 0.15) is 49.8 Å². The second-order valence-electron chi connectivity index (χ2n) is 6.96. The van der Waals surface area contributed by atoms with E-state index in [1.54, 1.807) is 17.0 Å². The van der Waals surface area contributed by atoms with Crippen molar-refractivity contribution in [3.63, 3.8) is 0 Å². The lowest BCUT2D eigenvalue weighted by molar-refractivity contribution is -0.126. The molecule has 1 aromatic rings. The largest absolute Gasteiger partial charge is 0.356 e. The summed E-state index contributed by atoms with van der Waals surface area (Å²) in [5.41, 5.74) is 1.98. The van der Waals surface area contributed by atoms with Crippen molar-refractivity contribution < 1.29 is 14.0 Å². The highest BCUT2D eigenvalue weighted by atomic mass is 19.1. The van der Waals surface area contributed by atoms with Crippen LogP contribution in [0.4, 0.5) is 9.18 Å². The number of hydrogen-bond donors (Lipinski definition) is 2. The molecule has 1 aliphatic carbocycles. The van der Waals surface area contributed by atoms with Gasteiger partial charge in [0.15, 0.2) is 0 Å². The van der Waals surface area contributed by atoms with E-state index < -0.39 is 0 Å². The number of fused-ring (bicyclic) bond motifs is 1. The van der Waals surface area contributed by atoms with Crippen molar-refractivity contribution in [2.75, 3.05) is 19.6 Å². The van der Waals surface area contributed by atoms with Crippen LogP contribution in [0, 0.1) is 11.7 Å². The van der Waals surface area contributed by atoms with Crippen molar-refractivity contribution in [2.45, 2.75) is 45.1 Å². The van der Waals surface area contributed by atoms with Crippen molar-refractivity contribution in [1.82, 2.24) is 15.5 Å². The van der Waals surface area contributed by atoms with Gasteiger partial charge in [0.25, 0.3) is 0 Å². The number of nitrogens with zero attached hydrogens (tertiary/aromatic N) is 1. The molecule has 3 rings (SSSR count). The Hall–Kier alpha value is -2.11. The Kier molecular flexibility index (Phi) is 5.56. The molecule has 1 aliphatic heterocycles. The number of urea groups is 1. The van der Waals surface area contributed by atoms with E-state index in [0.29, 0.717) is 19.6 Å². The van der Waals surface area contributed by atoms with Gasteiger partial charge in [0.1, 0.15) is 5.82 Å². The first-order valence-electron chi connectivity index (χ1n) is 9.20. The lowest BCUT2D eigenvalue weighted by atomic mass is 9.97. The Morgan fingerprint density at radius 1 is 1.32 bits per heavy atom. The van der Waals surface area contributed by atoms with E-state index in [9.17, 15) is 14.0 Å². The standard InChI is InChI=1S/C19H26FN3O2/c1-2-9-21-18(24)14-4-3-10-23(12-14)19(25)22-17-8-5-13-11-15(20)6-7-16(13)17/h6-7,11,14,17H,2-5,8-10,12H2,1H3,(H,21,24)(H,22,25). The topological polar surface area (TPSA) is 61.4 Å². The van der Waals surface area contributed by atoms with Gasteiger partial charge in [-0.3, -0.25) is 4.79 Å². The minimum absolute atomic E-state index is 0.0426. The van der Waals surface area contributed by atoms with Crippen LogP contribution in [-0.4, -0.2) is 36.5 Å². The van der Waals surface area contributed by atoms with Crippen LogP contribution in [0.25, 0.3) is 0 Å². The number of rotatable bonds is 4. The van der Waals surface area contributed by atoms with Gasteiger partial charge in [0.2, 0.25) is 5.91 Å². The molecule has 1 heterocycles. The molecule has 1 fully saturated rings. The van der Waals surface area contributed by atoms with Gasteiger partial charge in [0, 0.05) is 19.6 Å². The van der Waals surface area contributed by atoms with Gasteiger partial charge in [-0.1, -0.05) is 13.0 Å². The van der Waals surface area contributed by atoms with E-state index in [2.05, 4.69) is 10.6 Å². The maximum absolute atomic E-state index is 13.3. The summed E-state index contributed by atoms with van der Waals surface area (Å²) in [6.45, 7) is 3.83. The quantitative estimate of drug-likeness (QED) is 0.880. The Morgan fingerprint density at radius 2 is 2.16 bits per heavy atom. The first-order valence-corrected chi connectivity index (χ1v) is 9.20. The van der Waals surface area contributed by atoms with Crippen LogP contribution in [0.2, 0.25) is 0 Å². The van der Waals surface area contributed by atoms with E-state index in [4.69, 9.17) is 0 Å². The predicted octanol–water partition coefficient (Wildman–Crippen LogP) is 2.76. The Balaban J connectivity index is 1.58. The Morgan fingerprint density at radius 3 is 2.96 bits per heavy atom. The van der Waals surface area contributed by atoms with Crippen LogP contribution in [0.3, 0.4) is 0 Å². The molecular formula is C19H26FN3O2. The summed E-state index contributed by atoms with van der Waals surface area (Å²) >= 11 is 0. The Labute approximate surface area is 148 Å². The lowest BCUT2D eigenvalue weighted by Crippen LogP contribution is -2.49. The summed E-state index contributed by atoms with van der Waals surface area (Å²) in [5.74, 6) is -0.320. The first kappa shape index (κ1) is 17.7. The average Bonchev–Trinajstić information content (AvgIpc) is 3.01. The van der Waals surface area contributed by atoms with Crippen LogP contribution >= 0.6 is 0 Å². The zero-order valence-electron chi connectivity index (χ0n) is 14.7. The fraction of sp³-hybridized carbons (Fsp3) is 0.579. The van der Waals surface area contributed by atoms with Gasteiger partial charge in [-0.25, -0.2) is 9.18 Å². The lowest BCUT2D eigenvalue weighted by Gasteiger charge is -2.33.